The van der Waals surface area contributed by atoms with Crippen LogP contribution in [0, 0.1) is 0 Å². The van der Waals surface area contributed by atoms with Crippen LogP contribution in [0.2, 0.25) is 0 Å². The highest BCUT2D eigenvalue weighted by Gasteiger charge is 2.21. The maximum Gasteiger partial charge on any atom is 0.111 e. The standard InChI is InChI=1S/C12H21N3O/c1-2-6-15-7-5-13-12(15)8-11(16)9-14-10-3-4-10/h5,7,10-11,14,16H,2-4,6,8-9H2,1H3. The Morgan fingerprint density at radius 3 is 3.12 bits per heavy atom. The molecule has 16 heavy (non-hydrogen) atoms. The Morgan fingerprint density at radius 2 is 2.44 bits per heavy atom. The third-order valence-electron chi connectivity index (χ3n) is 2.90. The van der Waals surface area contributed by atoms with Crippen molar-refractivity contribution in [3.05, 3.63) is 18.2 Å². The summed E-state index contributed by atoms with van der Waals surface area (Å²) in [6.07, 6.45) is 7.74. The van der Waals surface area contributed by atoms with Gasteiger partial charge in [-0.25, -0.2) is 4.98 Å². The summed E-state index contributed by atoms with van der Waals surface area (Å²) in [5.74, 6) is 0.993. The molecule has 4 nitrogen and oxygen atoms in total. The first kappa shape index (κ1) is 11.6. The van der Waals surface area contributed by atoms with Crippen molar-refractivity contribution in [3.63, 3.8) is 0 Å². The Bertz CT molecular complexity index is 320. The monoisotopic (exact) mass is 223 g/mol. The second-order valence-electron chi connectivity index (χ2n) is 4.58. The summed E-state index contributed by atoms with van der Waals surface area (Å²) >= 11 is 0. The van der Waals surface area contributed by atoms with Gasteiger partial charge in [0.2, 0.25) is 0 Å². The van der Waals surface area contributed by atoms with Crippen molar-refractivity contribution in [2.45, 2.75) is 51.3 Å². The molecule has 2 N–H and O–H groups in total. The van der Waals surface area contributed by atoms with Crippen LogP contribution in [-0.2, 0) is 13.0 Å². The molecule has 0 radical (unpaired) electrons. The highest BCUT2D eigenvalue weighted by Crippen LogP contribution is 2.18. The maximum atomic E-state index is 9.87. The fourth-order valence-corrected chi connectivity index (χ4v) is 1.85. The van der Waals surface area contributed by atoms with Crippen molar-refractivity contribution in [3.8, 4) is 0 Å². The number of aromatic nitrogens is 2. The minimum Gasteiger partial charge on any atom is -0.391 e. The molecule has 4 heteroatoms. The van der Waals surface area contributed by atoms with E-state index in [9.17, 15) is 5.11 Å². The summed E-state index contributed by atoms with van der Waals surface area (Å²) in [6, 6.07) is 0.657. The highest BCUT2D eigenvalue weighted by molar-refractivity contribution is 4.95. The average molecular weight is 223 g/mol. The minimum absolute atomic E-state index is 0.321. The van der Waals surface area contributed by atoms with E-state index in [4.69, 9.17) is 0 Å². The molecule has 1 aromatic rings. The van der Waals surface area contributed by atoms with Gasteiger partial charge < -0.3 is 15.0 Å². The van der Waals surface area contributed by atoms with Gasteiger partial charge in [-0.15, -0.1) is 0 Å². The van der Waals surface area contributed by atoms with E-state index in [1.807, 2.05) is 12.4 Å². The van der Waals surface area contributed by atoms with Crippen LogP contribution in [-0.4, -0.2) is 33.3 Å². The van der Waals surface area contributed by atoms with Crippen molar-refractivity contribution in [1.29, 1.82) is 0 Å². The zero-order valence-electron chi connectivity index (χ0n) is 9.89. The molecule has 0 aromatic carbocycles. The molecule has 1 aliphatic rings. The molecule has 90 valence electrons. The second-order valence-corrected chi connectivity index (χ2v) is 4.58. The molecule has 1 aliphatic carbocycles. The number of nitrogens with zero attached hydrogens (tertiary/aromatic N) is 2. The average Bonchev–Trinajstić information content (AvgIpc) is 3.00. The van der Waals surface area contributed by atoms with Gasteiger partial charge in [0.15, 0.2) is 0 Å². The van der Waals surface area contributed by atoms with E-state index in [2.05, 4.69) is 21.8 Å². The lowest BCUT2D eigenvalue weighted by atomic mass is 10.2. The van der Waals surface area contributed by atoms with Gasteiger partial charge in [0.25, 0.3) is 0 Å². The molecular formula is C12H21N3O. The lowest BCUT2D eigenvalue weighted by molar-refractivity contribution is 0.167. The number of aryl methyl sites for hydroxylation is 1. The first-order valence-corrected chi connectivity index (χ1v) is 6.21. The molecule has 2 rings (SSSR count). The van der Waals surface area contributed by atoms with Crippen LogP contribution in [0.15, 0.2) is 12.4 Å². The first-order valence-electron chi connectivity index (χ1n) is 6.21. The normalized spacial score (nSPS) is 17.6. The summed E-state index contributed by atoms with van der Waals surface area (Å²) in [7, 11) is 0. The lowest BCUT2D eigenvalue weighted by Crippen LogP contribution is -2.30. The SMILES string of the molecule is CCCn1ccnc1CC(O)CNC1CC1. The topological polar surface area (TPSA) is 50.1 Å². The molecule has 0 spiro atoms. The van der Waals surface area contributed by atoms with Gasteiger partial charge >= 0.3 is 0 Å². The van der Waals surface area contributed by atoms with Crippen LogP contribution in [0.1, 0.15) is 32.0 Å². The van der Waals surface area contributed by atoms with Crippen LogP contribution in [0.5, 0.6) is 0 Å². The quantitative estimate of drug-likeness (QED) is 0.723. The summed E-state index contributed by atoms with van der Waals surface area (Å²) in [4.78, 5) is 4.29. The zero-order chi connectivity index (χ0) is 11.4. The Balaban J connectivity index is 1.79. The largest absolute Gasteiger partial charge is 0.391 e. The molecule has 1 heterocycles. The summed E-state index contributed by atoms with van der Waals surface area (Å²) in [5, 5.41) is 13.2. The first-order chi connectivity index (χ1) is 7.79. The predicted octanol–water partition coefficient (Wildman–Crippen LogP) is 0.948. The molecule has 0 aliphatic heterocycles. The molecule has 0 bridgehead atoms. The predicted molar refractivity (Wildman–Crippen MR) is 63.3 cm³/mol. The molecule has 1 unspecified atom stereocenters. The smallest absolute Gasteiger partial charge is 0.111 e. The Labute approximate surface area is 96.7 Å². The number of nitrogens with one attached hydrogen (secondary N) is 1. The van der Waals surface area contributed by atoms with Gasteiger partial charge in [-0.2, -0.15) is 0 Å². The number of imidazole rings is 1. The molecule has 0 amide bonds. The van der Waals surface area contributed by atoms with Crippen molar-refractivity contribution in [1.82, 2.24) is 14.9 Å². The van der Waals surface area contributed by atoms with E-state index in [0.29, 0.717) is 19.0 Å². The number of rotatable bonds is 7. The highest BCUT2D eigenvalue weighted by atomic mass is 16.3. The van der Waals surface area contributed by atoms with Gasteiger partial charge in [-0.05, 0) is 19.3 Å². The number of aliphatic hydroxyl groups is 1. The summed E-state index contributed by atoms with van der Waals surface area (Å²) in [6.45, 7) is 3.82. The van der Waals surface area contributed by atoms with Crippen LogP contribution in [0.25, 0.3) is 0 Å². The van der Waals surface area contributed by atoms with Crippen molar-refractivity contribution in [2.75, 3.05) is 6.54 Å². The van der Waals surface area contributed by atoms with Crippen molar-refractivity contribution >= 4 is 0 Å². The van der Waals surface area contributed by atoms with E-state index in [1.165, 1.54) is 12.8 Å². The third kappa shape index (κ3) is 3.32. The van der Waals surface area contributed by atoms with Gasteiger partial charge in [0.1, 0.15) is 5.82 Å². The Kier molecular flexibility index (Phi) is 3.96. The summed E-state index contributed by atoms with van der Waals surface area (Å²) in [5.41, 5.74) is 0. The molecule has 0 saturated heterocycles. The lowest BCUT2D eigenvalue weighted by Gasteiger charge is -2.12. The minimum atomic E-state index is -0.321. The number of aliphatic hydroxyl groups excluding tert-OH is 1. The molecule has 1 fully saturated rings. The zero-order valence-corrected chi connectivity index (χ0v) is 9.89. The van der Waals surface area contributed by atoms with Crippen LogP contribution in [0.3, 0.4) is 0 Å². The Hall–Kier alpha value is -0.870. The third-order valence-corrected chi connectivity index (χ3v) is 2.90. The van der Waals surface area contributed by atoms with Gasteiger partial charge in [0, 0.05) is 37.9 Å². The van der Waals surface area contributed by atoms with E-state index in [1.54, 1.807) is 0 Å². The van der Waals surface area contributed by atoms with E-state index in [0.717, 1.165) is 18.8 Å². The number of hydrogen-bond donors (Lipinski definition) is 2. The van der Waals surface area contributed by atoms with Gasteiger partial charge in [-0.1, -0.05) is 6.92 Å². The van der Waals surface area contributed by atoms with E-state index < -0.39 is 0 Å². The van der Waals surface area contributed by atoms with Crippen molar-refractivity contribution < 1.29 is 5.11 Å². The van der Waals surface area contributed by atoms with E-state index in [-0.39, 0.29) is 6.10 Å². The molecule has 1 saturated carbocycles. The van der Waals surface area contributed by atoms with Crippen LogP contribution < -0.4 is 5.32 Å². The second kappa shape index (κ2) is 5.46. The van der Waals surface area contributed by atoms with Crippen LogP contribution in [0.4, 0.5) is 0 Å². The fourth-order valence-electron chi connectivity index (χ4n) is 1.85. The molecule has 1 aromatic heterocycles. The van der Waals surface area contributed by atoms with Crippen LogP contribution >= 0.6 is 0 Å². The molecule has 1 atom stereocenters. The van der Waals surface area contributed by atoms with Gasteiger partial charge in [0.05, 0.1) is 6.10 Å². The number of hydrogen-bond acceptors (Lipinski definition) is 3. The maximum absolute atomic E-state index is 9.87. The van der Waals surface area contributed by atoms with Crippen molar-refractivity contribution in [2.24, 2.45) is 0 Å². The Morgan fingerprint density at radius 1 is 1.62 bits per heavy atom. The fraction of sp³-hybridized carbons (Fsp3) is 0.750. The van der Waals surface area contributed by atoms with E-state index >= 15 is 0 Å². The van der Waals surface area contributed by atoms with Gasteiger partial charge in [-0.3, -0.25) is 0 Å². The molecular weight excluding hydrogens is 202 g/mol. The summed E-state index contributed by atoms with van der Waals surface area (Å²) < 4.78 is 2.13.